The summed E-state index contributed by atoms with van der Waals surface area (Å²) in [6.07, 6.45) is -4.60. The van der Waals surface area contributed by atoms with E-state index in [-0.39, 0.29) is 35.5 Å². The molecule has 1 unspecified atom stereocenters. The van der Waals surface area contributed by atoms with Crippen LogP contribution in [0, 0.1) is 11.8 Å². The number of nitrogens with zero attached hydrogens (tertiary/aromatic N) is 1. The smallest absolute Gasteiger partial charge is 0.417 e. The molecule has 3 aromatic carbocycles. The summed E-state index contributed by atoms with van der Waals surface area (Å²) in [6, 6.07) is 17.2. The second-order valence-corrected chi connectivity index (χ2v) is 13.7. The van der Waals surface area contributed by atoms with E-state index in [2.05, 4.69) is 0 Å². The van der Waals surface area contributed by atoms with Gasteiger partial charge in [0.2, 0.25) is 5.78 Å². The van der Waals surface area contributed by atoms with E-state index in [9.17, 15) is 29.7 Å². The largest absolute Gasteiger partial charge is 0.508 e. The van der Waals surface area contributed by atoms with Crippen LogP contribution in [0.25, 0.3) is 5.76 Å². The molecule has 1 amide bonds. The minimum Gasteiger partial charge on any atom is -0.508 e. The average molecular weight is 704 g/mol. The molecule has 3 aliphatic carbocycles. The lowest BCUT2D eigenvalue weighted by Crippen LogP contribution is -2.65. The Morgan fingerprint density at radius 1 is 1.02 bits per heavy atom. The number of hydrogen-bond donors (Lipinski definition) is 5. The summed E-state index contributed by atoms with van der Waals surface area (Å²) in [6.45, 7) is 0.880. The molecule has 5 atom stereocenters. The van der Waals surface area contributed by atoms with Gasteiger partial charge in [-0.3, -0.25) is 19.3 Å². The van der Waals surface area contributed by atoms with E-state index >= 15 is 13.2 Å². The third-order valence-corrected chi connectivity index (χ3v) is 10.7. The number of Topliss-reactive ketones (excluding diaryl/α,β-unsaturated/α-hetero) is 2. The van der Waals surface area contributed by atoms with Gasteiger partial charge in [0.05, 0.1) is 17.2 Å². The highest BCUT2D eigenvalue weighted by Crippen LogP contribution is 2.55. The zero-order valence-electron chi connectivity index (χ0n) is 27.3. The Balaban J connectivity index is 1.42. The summed E-state index contributed by atoms with van der Waals surface area (Å²) in [4.78, 5) is 41.2. The fraction of sp³-hybridized carbons (Fsp3) is 0.342. The Bertz CT molecular complexity index is 2000. The quantitative estimate of drug-likeness (QED) is 0.220. The number of amides is 1. The number of alkyl halides is 3. The van der Waals surface area contributed by atoms with E-state index in [0.717, 1.165) is 5.56 Å². The van der Waals surface area contributed by atoms with Crippen molar-refractivity contribution in [3.05, 3.63) is 117 Å². The van der Waals surface area contributed by atoms with Crippen LogP contribution in [0.5, 0.6) is 5.75 Å². The Kier molecular flexibility index (Phi) is 8.55. The minimum absolute atomic E-state index is 0.0242. The van der Waals surface area contributed by atoms with Crippen LogP contribution in [0.2, 0.25) is 0 Å². The van der Waals surface area contributed by atoms with Crippen molar-refractivity contribution < 1.29 is 47.6 Å². The minimum atomic E-state index is -4.90. The summed E-state index contributed by atoms with van der Waals surface area (Å²) >= 11 is 0. The molecule has 51 heavy (non-hydrogen) atoms. The highest BCUT2D eigenvalue weighted by Gasteiger charge is 2.63. The molecule has 10 nitrogen and oxygen atoms in total. The van der Waals surface area contributed by atoms with E-state index in [1.807, 2.05) is 35.2 Å². The van der Waals surface area contributed by atoms with Gasteiger partial charge in [-0.25, -0.2) is 0 Å². The van der Waals surface area contributed by atoms with Gasteiger partial charge in [0.15, 0.2) is 11.4 Å². The first kappa shape index (κ1) is 34.5. The van der Waals surface area contributed by atoms with Crippen LogP contribution in [0.15, 0.2) is 83.6 Å². The zero-order chi connectivity index (χ0) is 36.4. The van der Waals surface area contributed by atoms with Crippen molar-refractivity contribution in [2.24, 2.45) is 23.3 Å². The lowest BCUT2D eigenvalue weighted by molar-refractivity contribution is -0.149. The molecule has 1 aliphatic heterocycles. The van der Waals surface area contributed by atoms with E-state index in [1.165, 1.54) is 6.07 Å². The van der Waals surface area contributed by atoms with Gasteiger partial charge in [-0.1, -0.05) is 60.7 Å². The van der Waals surface area contributed by atoms with Crippen molar-refractivity contribution in [3.63, 3.8) is 0 Å². The number of halogens is 3. The van der Waals surface area contributed by atoms with Crippen LogP contribution in [0.1, 0.15) is 58.7 Å². The van der Waals surface area contributed by atoms with Gasteiger partial charge < -0.3 is 31.5 Å². The molecule has 13 heteroatoms. The molecule has 7 rings (SSSR count). The highest BCUT2D eigenvalue weighted by atomic mass is 19.4. The molecular formula is C38H36F3N3O7. The molecule has 7 N–H and O–H groups in total. The molecule has 0 spiro atoms. The number of carbonyl (C=O) groups is 3. The lowest BCUT2D eigenvalue weighted by atomic mass is 9.57. The predicted octanol–water partition coefficient (Wildman–Crippen LogP) is 4.59. The van der Waals surface area contributed by atoms with Gasteiger partial charge in [-0.2, -0.15) is 13.2 Å². The van der Waals surface area contributed by atoms with E-state index < -0.39 is 87.8 Å². The number of fused-ring (bicyclic) bond motifs is 3. The zero-order valence-corrected chi connectivity index (χ0v) is 27.3. The molecular weight excluding hydrogens is 667 g/mol. The number of likely N-dealkylation sites (tertiary alicyclic amines) is 1. The van der Waals surface area contributed by atoms with Crippen molar-refractivity contribution in [3.8, 4) is 5.75 Å². The molecule has 0 radical (unpaired) electrons. The molecule has 0 aromatic heterocycles. The number of benzene rings is 3. The number of primary amides is 1. The molecule has 2 fully saturated rings. The molecule has 4 aliphatic rings. The maximum atomic E-state index is 15.5. The fourth-order valence-electron chi connectivity index (χ4n) is 8.44. The first-order chi connectivity index (χ1) is 24.2. The van der Waals surface area contributed by atoms with Gasteiger partial charge in [0, 0.05) is 24.1 Å². The summed E-state index contributed by atoms with van der Waals surface area (Å²) < 4.78 is 52.6. The number of nitrogens with two attached hydrogens (primary N) is 2. The van der Waals surface area contributed by atoms with Crippen molar-refractivity contribution in [1.82, 2.24) is 4.90 Å². The summed E-state index contributed by atoms with van der Waals surface area (Å²) in [5.41, 5.74) is 6.99. The number of aliphatic hydroxyl groups is 3. The van der Waals surface area contributed by atoms with Crippen LogP contribution < -0.4 is 16.2 Å². The lowest BCUT2D eigenvalue weighted by Gasteiger charge is -2.48. The summed E-state index contributed by atoms with van der Waals surface area (Å²) in [5, 5.41) is 34.6. The molecule has 1 heterocycles. The number of carbonyl (C=O) groups excluding carboxylic acids is 3. The van der Waals surface area contributed by atoms with Gasteiger partial charge in [0.1, 0.15) is 29.4 Å². The average Bonchev–Trinajstić information content (AvgIpc) is 3.55. The van der Waals surface area contributed by atoms with Crippen LogP contribution in [-0.2, 0) is 40.1 Å². The van der Waals surface area contributed by atoms with Gasteiger partial charge in [0.25, 0.3) is 5.91 Å². The summed E-state index contributed by atoms with van der Waals surface area (Å²) in [7, 11) is 0. The molecule has 3 aromatic rings. The van der Waals surface area contributed by atoms with Crippen LogP contribution in [0.4, 0.5) is 13.2 Å². The monoisotopic (exact) mass is 703 g/mol. The Hall–Kier alpha value is -4.98. The van der Waals surface area contributed by atoms with Gasteiger partial charge in [-0.15, -0.1) is 0 Å². The SMILES string of the molecule is NC(=O)C1=C(O)[C@@]2(O)C(=O)C3=C(O)c4c(OCc5ccccc5)cc(C5CCCN5Cc5ccccc5)c(C(F)(F)F)c4C[C@H]3C[C@H]2[C@H](N)C1=O. The molecule has 1 saturated carbocycles. The second kappa shape index (κ2) is 12.7. The Morgan fingerprint density at radius 2 is 1.67 bits per heavy atom. The standard InChI is InChI=1S/C38H36F3N3O7/c39-38(40,41)30-22(25-12-7-13-44(25)17-19-8-3-1-4-9-19)16-26(51-18-20-10-5-2-6-11-20)28-23(30)14-21-15-24-31(42)33(46)29(36(43)49)35(48)37(24,50)34(47)27(21)32(28)45/h1-6,8-11,16,21,24-25,31,45,48,50H,7,12-15,17-18,42H2,(H2,43,49)/t21-,24-,25?,31-,37-/m0/s1. The normalized spacial score (nSPS) is 26.5. The van der Waals surface area contributed by atoms with E-state index in [1.54, 1.807) is 30.3 Å². The molecule has 266 valence electrons. The van der Waals surface area contributed by atoms with Crippen LogP contribution in [-0.4, -0.2) is 55.9 Å². The van der Waals surface area contributed by atoms with Crippen molar-refractivity contribution in [2.45, 2.75) is 62.7 Å². The third kappa shape index (κ3) is 5.60. The molecule has 0 bridgehead atoms. The highest BCUT2D eigenvalue weighted by molar-refractivity contribution is 6.24. The number of rotatable bonds is 7. The van der Waals surface area contributed by atoms with E-state index in [0.29, 0.717) is 31.5 Å². The van der Waals surface area contributed by atoms with Crippen LogP contribution in [0.3, 0.4) is 0 Å². The van der Waals surface area contributed by atoms with Crippen molar-refractivity contribution in [2.75, 3.05) is 6.54 Å². The van der Waals surface area contributed by atoms with E-state index in [4.69, 9.17) is 16.2 Å². The number of ketones is 2. The topological polar surface area (TPSA) is 176 Å². The predicted molar refractivity (Wildman–Crippen MR) is 178 cm³/mol. The van der Waals surface area contributed by atoms with Gasteiger partial charge in [-0.05, 0) is 66.5 Å². The fourth-order valence-corrected chi connectivity index (χ4v) is 8.44. The Morgan fingerprint density at radius 3 is 2.29 bits per heavy atom. The maximum Gasteiger partial charge on any atom is 0.417 e. The number of aliphatic hydroxyl groups excluding tert-OH is 2. The maximum absolute atomic E-state index is 15.5. The Labute approximate surface area is 290 Å². The van der Waals surface area contributed by atoms with Crippen molar-refractivity contribution >= 4 is 23.2 Å². The van der Waals surface area contributed by atoms with Gasteiger partial charge >= 0.3 is 6.18 Å². The number of hydrogen-bond acceptors (Lipinski definition) is 9. The summed E-state index contributed by atoms with van der Waals surface area (Å²) in [5.74, 6) is -8.73. The van der Waals surface area contributed by atoms with Crippen molar-refractivity contribution in [1.29, 1.82) is 0 Å². The first-order valence-electron chi connectivity index (χ1n) is 16.7. The van der Waals surface area contributed by atoms with Crippen LogP contribution >= 0.6 is 0 Å². The second-order valence-electron chi connectivity index (χ2n) is 13.7. The third-order valence-electron chi connectivity index (χ3n) is 10.7. The number of ether oxygens (including phenoxy) is 1. The molecule has 1 saturated heterocycles. The first-order valence-corrected chi connectivity index (χ1v) is 16.7.